The normalized spacial score (nSPS) is 24.8. The molecule has 0 spiro atoms. The van der Waals surface area contributed by atoms with Crippen LogP contribution in [-0.4, -0.2) is 48.2 Å². The molecule has 2 fully saturated rings. The van der Waals surface area contributed by atoms with Crippen LogP contribution in [0.2, 0.25) is 0 Å². The van der Waals surface area contributed by atoms with E-state index in [1.165, 1.54) is 11.1 Å². The highest BCUT2D eigenvalue weighted by Gasteiger charge is 2.42. The molecular weight excluding hydrogens is 264 g/mol. The van der Waals surface area contributed by atoms with E-state index in [0.717, 1.165) is 38.8 Å². The van der Waals surface area contributed by atoms with Crippen molar-refractivity contribution in [3.8, 4) is 0 Å². The van der Waals surface area contributed by atoms with E-state index in [0.29, 0.717) is 19.3 Å². The van der Waals surface area contributed by atoms with Gasteiger partial charge in [0.1, 0.15) is 0 Å². The molecule has 4 rings (SSSR count). The molecule has 1 atom stereocenters. The number of morpholine rings is 1. The summed E-state index contributed by atoms with van der Waals surface area (Å²) >= 11 is 0. The predicted molar refractivity (Wildman–Crippen MR) is 80.2 cm³/mol. The molecule has 4 heteroatoms. The number of rotatable bonds is 2. The monoisotopic (exact) mass is 286 g/mol. The first kappa shape index (κ1) is 13.1. The molecule has 21 heavy (non-hydrogen) atoms. The van der Waals surface area contributed by atoms with Gasteiger partial charge in [0.25, 0.3) is 0 Å². The van der Waals surface area contributed by atoms with Crippen molar-refractivity contribution >= 4 is 6.03 Å². The number of urea groups is 1. The maximum atomic E-state index is 13.0. The Morgan fingerprint density at radius 1 is 1.14 bits per heavy atom. The van der Waals surface area contributed by atoms with Gasteiger partial charge in [0.15, 0.2) is 0 Å². The fourth-order valence-corrected chi connectivity index (χ4v) is 3.64. The van der Waals surface area contributed by atoms with Gasteiger partial charge in [-0.25, -0.2) is 4.79 Å². The molecule has 0 bridgehead atoms. The molecule has 112 valence electrons. The average molecular weight is 286 g/mol. The number of amides is 2. The molecule has 0 N–H and O–H groups in total. The van der Waals surface area contributed by atoms with E-state index >= 15 is 0 Å². The van der Waals surface area contributed by atoms with Gasteiger partial charge in [-0.05, 0) is 36.8 Å². The number of ether oxygens (including phenoxy) is 1. The smallest absolute Gasteiger partial charge is 0.320 e. The van der Waals surface area contributed by atoms with Gasteiger partial charge in [-0.3, -0.25) is 0 Å². The van der Waals surface area contributed by atoms with Crippen LogP contribution in [-0.2, 0) is 11.2 Å². The van der Waals surface area contributed by atoms with E-state index in [9.17, 15) is 4.79 Å². The Morgan fingerprint density at radius 3 is 2.67 bits per heavy atom. The third-order valence-electron chi connectivity index (χ3n) is 4.88. The van der Waals surface area contributed by atoms with Crippen molar-refractivity contribution in [2.45, 2.75) is 37.8 Å². The van der Waals surface area contributed by atoms with Gasteiger partial charge in [0.05, 0.1) is 19.3 Å². The van der Waals surface area contributed by atoms with Gasteiger partial charge in [0.2, 0.25) is 0 Å². The molecule has 1 saturated carbocycles. The molecule has 3 aliphatic rings. The Labute approximate surface area is 125 Å². The molecule has 1 heterocycles. The van der Waals surface area contributed by atoms with Crippen molar-refractivity contribution in [3.05, 3.63) is 35.4 Å². The number of benzene rings is 1. The summed E-state index contributed by atoms with van der Waals surface area (Å²) in [6.07, 6.45) is 4.50. The zero-order chi connectivity index (χ0) is 14.2. The molecule has 0 unspecified atom stereocenters. The van der Waals surface area contributed by atoms with Gasteiger partial charge in [-0.15, -0.1) is 0 Å². The van der Waals surface area contributed by atoms with Crippen LogP contribution in [0.15, 0.2) is 24.3 Å². The molecule has 1 aliphatic heterocycles. The van der Waals surface area contributed by atoms with Crippen molar-refractivity contribution in [1.29, 1.82) is 0 Å². The Kier molecular flexibility index (Phi) is 3.34. The van der Waals surface area contributed by atoms with Crippen LogP contribution < -0.4 is 0 Å². The summed E-state index contributed by atoms with van der Waals surface area (Å²) in [7, 11) is 0. The van der Waals surface area contributed by atoms with Crippen molar-refractivity contribution in [2.24, 2.45) is 0 Å². The van der Waals surface area contributed by atoms with E-state index in [4.69, 9.17) is 4.74 Å². The molecule has 1 saturated heterocycles. The standard InChI is InChI=1S/C17H22N2O2/c20-17(18-9-11-21-12-10-18)19(14-6-7-14)16-8-5-13-3-1-2-4-15(13)16/h1-4,14,16H,5-12H2/t16-/m1/s1. The lowest BCUT2D eigenvalue weighted by Crippen LogP contribution is -2.49. The van der Waals surface area contributed by atoms with Gasteiger partial charge in [0, 0.05) is 19.1 Å². The van der Waals surface area contributed by atoms with E-state index in [1.54, 1.807) is 0 Å². The molecule has 2 aliphatic carbocycles. The highest BCUT2D eigenvalue weighted by Crippen LogP contribution is 2.42. The quantitative estimate of drug-likeness (QED) is 0.837. The van der Waals surface area contributed by atoms with Crippen LogP contribution in [0.4, 0.5) is 4.79 Å². The van der Waals surface area contributed by atoms with Gasteiger partial charge in [-0.2, -0.15) is 0 Å². The van der Waals surface area contributed by atoms with Gasteiger partial charge < -0.3 is 14.5 Å². The second kappa shape index (κ2) is 5.34. The molecule has 4 nitrogen and oxygen atoms in total. The first-order valence-corrected chi connectivity index (χ1v) is 8.07. The summed E-state index contributed by atoms with van der Waals surface area (Å²) in [5.41, 5.74) is 2.79. The maximum Gasteiger partial charge on any atom is 0.320 e. The summed E-state index contributed by atoms with van der Waals surface area (Å²) in [5, 5.41) is 0. The van der Waals surface area contributed by atoms with Crippen molar-refractivity contribution < 1.29 is 9.53 Å². The van der Waals surface area contributed by atoms with E-state index < -0.39 is 0 Å². The van der Waals surface area contributed by atoms with Gasteiger partial charge >= 0.3 is 6.03 Å². The lowest BCUT2D eigenvalue weighted by Gasteiger charge is -2.36. The van der Waals surface area contributed by atoms with Crippen LogP contribution in [0.3, 0.4) is 0 Å². The Balaban J connectivity index is 1.59. The van der Waals surface area contributed by atoms with Crippen LogP contribution in [0.1, 0.15) is 36.4 Å². The van der Waals surface area contributed by atoms with Crippen LogP contribution in [0.5, 0.6) is 0 Å². The number of carbonyl (C=O) groups is 1. The fraction of sp³-hybridized carbons (Fsp3) is 0.588. The summed E-state index contributed by atoms with van der Waals surface area (Å²) in [6, 6.07) is 9.57. The lowest BCUT2D eigenvalue weighted by atomic mass is 10.1. The maximum absolute atomic E-state index is 13.0. The second-order valence-corrected chi connectivity index (χ2v) is 6.27. The number of fused-ring (bicyclic) bond motifs is 1. The number of hydrogen-bond acceptors (Lipinski definition) is 2. The number of hydrogen-bond donors (Lipinski definition) is 0. The predicted octanol–water partition coefficient (Wildman–Crippen LogP) is 2.59. The number of carbonyl (C=O) groups excluding carboxylic acids is 1. The SMILES string of the molecule is O=C(N1CCOCC1)N(C1CC1)[C@@H]1CCc2ccccc21. The summed E-state index contributed by atoms with van der Waals surface area (Å²) in [6.45, 7) is 2.81. The topological polar surface area (TPSA) is 32.8 Å². The van der Waals surface area contributed by atoms with Gasteiger partial charge in [-0.1, -0.05) is 24.3 Å². The van der Waals surface area contributed by atoms with Crippen LogP contribution in [0.25, 0.3) is 0 Å². The Morgan fingerprint density at radius 2 is 1.90 bits per heavy atom. The zero-order valence-corrected chi connectivity index (χ0v) is 12.3. The molecule has 2 amide bonds. The highest BCUT2D eigenvalue weighted by molar-refractivity contribution is 5.76. The lowest BCUT2D eigenvalue weighted by molar-refractivity contribution is 0.0379. The molecule has 0 aromatic heterocycles. The fourth-order valence-electron chi connectivity index (χ4n) is 3.64. The van der Waals surface area contributed by atoms with E-state index in [1.807, 2.05) is 4.90 Å². The number of nitrogens with zero attached hydrogens (tertiary/aromatic N) is 2. The van der Waals surface area contributed by atoms with Crippen molar-refractivity contribution in [3.63, 3.8) is 0 Å². The van der Waals surface area contributed by atoms with Crippen molar-refractivity contribution in [2.75, 3.05) is 26.3 Å². The largest absolute Gasteiger partial charge is 0.378 e. The second-order valence-electron chi connectivity index (χ2n) is 6.27. The molecule has 1 aromatic carbocycles. The minimum atomic E-state index is 0.225. The Bertz CT molecular complexity index is 535. The van der Waals surface area contributed by atoms with E-state index in [-0.39, 0.29) is 12.1 Å². The first-order chi connectivity index (χ1) is 10.3. The minimum Gasteiger partial charge on any atom is -0.378 e. The van der Waals surface area contributed by atoms with Crippen LogP contribution in [0, 0.1) is 0 Å². The zero-order valence-electron chi connectivity index (χ0n) is 12.3. The average Bonchev–Trinajstić information content (AvgIpc) is 3.29. The van der Waals surface area contributed by atoms with E-state index in [2.05, 4.69) is 29.2 Å². The summed E-state index contributed by atoms with van der Waals surface area (Å²) in [5.74, 6) is 0. The Hall–Kier alpha value is -1.55. The van der Waals surface area contributed by atoms with Crippen molar-refractivity contribution in [1.82, 2.24) is 9.80 Å². The summed E-state index contributed by atoms with van der Waals surface area (Å²) in [4.78, 5) is 17.1. The molecular formula is C17H22N2O2. The molecule has 0 radical (unpaired) electrons. The highest BCUT2D eigenvalue weighted by atomic mass is 16.5. The first-order valence-electron chi connectivity index (χ1n) is 8.07. The third-order valence-corrected chi connectivity index (χ3v) is 4.88. The summed E-state index contributed by atoms with van der Waals surface area (Å²) < 4.78 is 5.38. The van der Waals surface area contributed by atoms with Crippen LogP contribution >= 0.6 is 0 Å². The third kappa shape index (κ3) is 2.42. The minimum absolute atomic E-state index is 0.225. The molecule has 1 aromatic rings. The number of aryl methyl sites for hydroxylation is 1.